The van der Waals surface area contributed by atoms with Gasteiger partial charge in [-0.05, 0) is 24.6 Å². The maximum Gasteiger partial charge on any atom is 0.252 e. The summed E-state index contributed by atoms with van der Waals surface area (Å²) in [5.41, 5.74) is 1.66. The number of aromatic amines is 1. The van der Waals surface area contributed by atoms with E-state index in [0.29, 0.717) is 11.7 Å². The first-order valence-corrected chi connectivity index (χ1v) is 5.16. The number of anilines is 2. The minimum absolute atomic E-state index is 0.200. The number of hydrogen-bond acceptors (Lipinski definition) is 4. The summed E-state index contributed by atoms with van der Waals surface area (Å²) in [7, 11) is 1.59. The Bertz CT molecular complexity index is 578. The first kappa shape index (κ1) is 11.2. The van der Waals surface area contributed by atoms with Crippen LogP contribution in [0.15, 0.2) is 35.3 Å². The lowest BCUT2D eigenvalue weighted by Gasteiger charge is -2.10. The Hall–Kier alpha value is -2.30. The third-order valence-corrected chi connectivity index (χ3v) is 2.28. The summed E-state index contributed by atoms with van der Waals surface area (Å²) in [6.07, 6.45) is 1.45. The smallest absolute Gasteiger partial charge is 0.252 e. The first-order valence-electron chi connectivity index (χ1n) is 5.16. The number of methoxy groups -OCH3 is 1. The number of nitrogens with one attached hydrogen (secondary N) is 2. The SMILES string of the molecule is COc1ccc(C)cc1Nc1nccc(=O)[nH]1. The maximum absolute atomic E-state index is 11.1. The number of aromatic nitrogens is 2. The van der Waals surface area contributed by atoms with E-state index in [1.165, 1.54) is 12.3 Å². The molecular formula is C12H13N3O2. The molecule has 1 aromatic carbocycles. The Morgan fingerprint density at radius 2 is 2.18 bits per heavy atom. The highest BCUT2D eigenvalue weighted by Crippen LogP contribution is 2.26. The van der Waals surface area contributed by atoms with Crippen LogP contribution >= 0.6 is 0 Å². The number of ether oxygens (including phenoxy) is 1. The maximum atomic E-state index is 11.1. The van der Waals surface area contributed by atoms with Gasteiger partial charge in [-0.15, -0.1) is 0 Å². The molecular weight excluding hydrogens is 218 g/mol. The van der Waals surface area contributed by atoms with Crippen LogP contribution in [0.5, 0.6) is 5.75 Å². The highest BCUT2D eigenvalue weighted by Gasteiger charge is 2.04. The molecule has 0 saturated carbocycles. The molecule has 1 heterocycles. The third-order valence-electron chi connectivity index (χ3n) is 2.28. The number of rotatable bonds is 3. The predicted molar refractivity (Wildman–Crippen MR) is 65.9 cm³/mol. The molecule has 0 amide bonds. The van der Waals surface area contributed by atoms with E-state index >= 15 is 0 Å². The van der Waals surface area contributed by atoms with Gasteiger partial charge in [-0.25, -0.2) is 4.98 Å². The standard InChI is InChI=1S/C12H13N3O2/c1-8-3-4-10(17-2)9(7-8)14-12-13-6-5-11(16)15-12/h3-7H,1-2H3,(H2,13,14,15,16). The Labute approximate surface area is 98.5 Å². The molecule has 0 fully saturated rings. The van der Waals surface area contributed by atoms with Gasteiger partial charge in [-0.1, -0.05) is 6.07 Å². The second kappa shape index (κ2) is 4.69. The van der Waals surface area contributed by atoms with Crippen LogP contribution in [0.2, 0.25) is 0 Å². The van der Waals surface area contributed by atoms with Crippen LogP contribution in [0, 0.1) is 6.92 Å². The van der Waals surface area contributed by atoms with Gasteiger partial charge in [0.15, 0.2) is 0 Å². The molecule has 0 bridgehead atoms. The molecule has 0 aliphatic heterocycles. The fourth-order valence-corrected chi connectivity index (χ4v) is 1.48. The molecule has 0 unspecified atom stereocenters. The first-order chi connectivity index (χ1) is 8.19. The summed E-state index contributed by atoms with van der Waals surface area (Å²) >= 11 is 0. The fourth-order valence-electron chi connectivity index (χ4n) is 1.48. The molecule has 2 rings (SSSR count). The molecule has 2 aromatic rings. The van der Waals surface area contributed by atoms with E-state index in [9.17, 15) is 4.79 Å². The molecule has 2 N–H and O–H groups in total. The Morgan fingerprint density at radius 3 is 2.88 bits per heavy atom. The van der Waals surface area contributed by atoms with Crippen LogP contribution in [0.3, 0.4) is 0 Å². The third kappa shape index (κ3) is 2.63. The van der Waals surface area contributed by atoms with Crippen molar-refractivity contribution in [1.29, 1.82) is 0 Å². The van der Waals surface area contributed by atoms with Gasteiger partial charge in [0, 0.05) is 12.3 Å². The van der Waals surface area contributed by atoms with Gasteiger partial charge < -0.3 is 10.1 Å². The lowest BCUT2D eigenvalue weighted by atomic mass is 10.2. The van der Waals surface area contributed by atoms with Gasteiger partial charge in [0.1, 0.15) is 5.75 Å². The van der Waals surface area contributed by atoms with Crippen LogP contribution in [0.1, 0.15) is 5.56 Å². The van der Waals surface area contributed by atoms with Crippen molar-refractivity contribution < 1.29 is 4.74 Å². The minimum atomic E-state index is -0.200. The second-order valence-corrected chi connectivity index (χ2v) is 3.61. The van der Waals surface area contributed by atoms with Crippen LogP contribution in [-0.4, -0.2) is 17.1 Å². The monoisotopic (exact) mass is 231 g/mol. The zero-order valence-electron chi connectivity index (χ0n) is 9.65. The molecule has 0 radical (unpaired) electrons. The van der Waals surface area contributed by atoms with E-state index < -0.39 is 0 Å². The Balaban J connectivity index is 2.35. The van der Waals surface area contributed by atoms with Gasteiger partial charge in [-0.3, -0.25) is 9.78 Å². The van der Waals surface area contributed by atoms with Crippen molar-refractivity contribution >= 4 is 11.6 Å². The van der Waals surface area contributed by atoms with Crippen LogP contribution in [0.4, 0.5) is 11.6 Å². The van der Waals surface area contributed by atoms with Crippen molar-refractivity contribution in [2.45, 2.75) is 6.92 Å². The van der Waals surface area contributed by atoms with Gasteiger partial charge >= 0.3 is 0 Å². The molecule has 0 atom stereocenters. The number of hydrogen-bond donors (Lipinski definition) is 2. The molecule has 5 nitrogen and oxygen atoms in total. The largest absolute Gasteiger partial charge is 0.495 e. The average molecular weight is 231 g/mol. The Kier molecular flexibility index (Phi) is 3.09. The molecule has 0 aliphatic carbocycles. The van der Waals surface area contributed by atoms with Gasteiger partial charge in [-0.2, -0.15) is 0 Å². The minimum Gasteiger partial charge on any atom is -0.495 e. The van der Waals surface area contributed by atoms with Crippen molar-refractivity contribution in [2.75, 3.05) is 12.4 Å². The van der Waals surface area contributed by atoms with Crippen molar-refractivity contribution in [3.63, 3.8) is 0 Å². The van der Waals surface area contributed by atoms with E-state index in [4.69, 9.17) is 4.74 Å². The van der Waals surface area contributed by atoms with E-state index in [1.807, 2.05) is 25.1 Å². The molecule has 0 aliphatic rings. The Morgan fingerprint density at radius 1 is 1.35 bits per heavy atom. The summed E-state index contributed by atoms with van der Waals surface area (Å²) in [5.74, 6) is 1.09. The quantitative estimate of drug-likeness (QED) is 0.845. The van der Waals surface area contributed by atoms with Crippen LogP contribution < -0.4 is 15.6 Å². The number of benzene rings is 1. The highest BCUT2D eigenvalue weighted by molar-refractivity contribution is 5.63. The van der Waals surface area contributed by atoms with E-state index in [2.05, 4.69) is 15.3 Å². The normalized spacial score (nSPS) is 10.0. The van der Waals surface area contributed by atoms with Gasteiger partial charge in [0.25, 0.3) is 5.56 Å². The summed E-state index contributed by atoms with van der Waals surface area (Å²) < 4.78 is 5.22. The molecule has 88 valence electrons. The summed E-state index contributed by atoms with van der Waals surface area (Å²) in [4.78, 5) is 17.7. The lowest BCUT2D eigenvalue weighted by molar-refractivity contribution is 0.416. The zero-order valence-corrected chi connectivity index (χ0v) is 9.65. The van der Waals surface area contributed by atoms with E-state index in [1.54, 1.807) is 7.11 Å². The number of H-pyrrole nitrogens is 1. The van der Waals surface area contributed by atoms with Crippen LogP contribution in [-0.2, 0) is 0 Å². The highest BCUT2D eigenvalue weighted by atomic mass is 16.5. The van der Waals surface area contributed by atoms with Gasteiger partial charge in [0.2, 0.25) is 5.95 Å². The molecule has 0 spiro atoms. The second-order valence-electron chi connectivity index (χ2n) is 3.61. The molecule has 1 aromatic heterocycles. The topological polar surface area (TPSA) is 67.0 Å². The number of aryl methyl sites for hydroxylation is 1. The van der Waals surface area contributed by atoms with E-state index in [-0.39, 0.29) is 5.56 Å². The average Bonchev–Trinajstić information content (AvgIpc) is 2.29. The molecule has 17 heavy (non-hydrogen) atoms. The van der Waals surface area contributed by atoms with Crippen molar-refractivity contribution in [1.82, 2.24) is 9.97 Å². The fraction of sp³-hybridized carbons (Fsp3) is 0.167. The predicted octanol–water partition coefficient (Wildman–Crippen LogP) is 1.83. The summed E-state index contributed by atoms with van der Waals surface area (Å²) in [5, 5.41) is 3.01. The molecule has 0 saturated heterocycles. The number of nitrogens with zero attached hydrogens (tertiary/aromatic N) is 1. The van der Waals surface area contributed by atoms with E-state index in [0.717, 1.165) is 11.3 Å². The van der Waals surface area contributed by atoms with Crippen molar-refractivity contribution in [2.24, 2.45) is 0 Å². The zero-order chi connectivity index (χ0) is 12.3. The summed E-state index contributed by atoms with van der Waals surface area (Å²) in [6, 6.07) is 7.09. The van der Waals surface area contributed by atoms with Crippen LogP contribution in [0.25, 0.3) is 0 Å². The van der Waals surface area contributed by atoms with Crippen molar-refractivity contribution in [3.05, 3.63) is 46.4 Å². The lowest BCUT2D eigenvalue weighted by Crippen LogP contribution is -2.08. The summed E-state index contributed by atoms with van der Waals surface area (Å²) in [6.45, 7) is 1.98. The van der Waals surface area contributed by atoms with Crippen molar-refractivity contribution in [3.8, 4) is 5.75 Å². The van der Waals surface area contributed by atoms with Gasteiger partial charge in [0.05, 0.1) is 12.8 Å². The molecule has 5 heteroatoms.